The van der Waals surface area contributed by atoms with Gasteiger partial charge in [0.25, 0.3) is 0 Å². The zero-order valence-corrected chi connectivity index (χ0v) is 5.02. The Kier molecular flexibility index (Phi) is 1.67. The normalized spacial score (nSPS) is 17.4. The molecule has 1 aliphatic heterocycles. The summed E-state index contributed by atoms with van der Waals surface area (Å²) in [5.41, 5.74) is 1.14. The first-order valence-corrected chi connectivity index (χ1v) is 2.88. The van der Waals surface area contributed by atoms with E-state index in [1.165, 1.54) is 0 Å². The Labute approximate surface area is 49.3 Å². The monoisotopic (exact) mass is 110 g/mol. The molecule has 0 unspecified atom stereocenters. The Bertz CT molecular complexity index is 124. The van der Waals surface area contributed by atoms with Crippen LogP contribution in [0.15, 0.2) is 16.9 Å². The van der Waals surface area contributed by atoms with E-state index in [-0.39, 0.29) is 0 Å². The third-order valence-corrected chi connectivity index (χ3v) is 1.10. The highest BCUT2D eigenvalue weighted by Gasteiger charge is 1.90. The Morgan fingerprint density at radius 1 is 1.88 bits per heavy atom. The summed E-state index contributed by atoms with van der Waals surface area (Å²) in [7, 11) is 0. The summed E-state index contributed by atoms with van der Waals surface area (Å²) >= 11 is 0. The summed E-state index contributed by atoms with van der Waals surface area (Å²) in [6.45, 7) is 2.97. The number of hydrogen-bond donors (Lipinski definition) is 1. The van der Waals surface area contributed by atoms with Gasteiger partial charge in [0, 0.05) is 19.0 Å². The van der Waals surface area contributed by atoms with E-state index in [4.69, 9.17) is 0 Å². The average Bonchev–Trinajstić information content (AvgIpc) is 1.90. The molecule has 1 aliphatic rings. The molecule has 1 rings (SSSR count). The van der Waals surface area contributed by atoms with Crippen molar-refractivity contribution in [3.05, 3.63) is 11.9 Å². The smallest absolute Gasteiger partial charge is 0.0554 e. The van der Waals surface area contributed by atoms with E-state index in [0.717, 1.165) is 18.7 Å². The average molecular weight is 110 g/mol. The fraction of sp³-hybridized carbons (Fsp3) is 0.500. The number of nitrogens with zero attached hydrogens (tertiary/aromatic N) is 1. The van der Waals surface area contributed by atoms with Gasteiger partial charge < -0.3 is 5.32 Å². The molecule has 0 saturated carbocycles. The zero-order valence-electron chi connectivity index (χ0n) is 5.02. The molecule has 0 bridgehead atoms. The van der Waals surface area contributed by atoms with Gasteiger partial charge in [0.1, 0.15) is 0 Å². The molecule has 0 amide bonds. The second kappa shape index (κ2) is 2.50. The van der Waals surface area contributed by atoms with E-state index in [1.54, 1.807) is 0 Å². The molecule has 0 spiro atoms. The largest absolute Gasteiger partial charge is 0.384 e. The van der Waals surface area contributed by atoms with E-state index in [1.807, 2.05) is 12.4 Å². The molecule has 0 fully saturated rings. The zero-order chi connectivity index (χ0) is 5.82. The van der Waals surface area contributed by atoms with Crippen molar-refractivity contribution < 1.29 is 0 Å². The third-order valence-electron chi connectivity index (χ3n) is 1.10. The maximum atomic E-state index is 4.12. The quantitative estimate of drug-likeness (QED) is 0.533. The molecule has 0 aromatic carbocycles. The van der Waals surface area contributed by atoms with Gasteiger partial charge in [-0.25, -0.2) is 0 Å². The standard InChI is InChI=1S/C6H10N2/c1-2-6-5-7-3-4-8-6/h4-5,7H,2-3H2,1H3. The fourth-order valence-electron chi connectivity index (χ4n) is 0.623. The van der Waals surface area contributed by atoms with Crippen molar-refractivity contribution in [2.45, 2.75) is 13.3 Å². The van der Waals surface area contributed by atoms with Gasteiger partial charge in [-0.1, -0.05) is 6.92 Å². The van der Waals surface area contributed by atoms with Crippen molar-refractivity contribution in [1.29, 1.82) is 0 Å². The van der Waals surface area contributed by atoms with Gasteiger partial charge in [0.2, 0.25) is 0 Å². The molecule has 0 radical (unpaired) electrons. The van der Waals surface area contributed by atoms with Crippen LogP contribution in [0.3, 0.4) is 0 Å². The SMILES string of the molecule is CCC1=CNCC=N1. The van der Waals surface area contributed by atoms with Crippen molar-refractivity contribution in [2.24, 2.45) is 4.99 Å². The van der Waals surface area contributed by atoms with Crippen LogP contribution in [0.25, 0.3) is 0 Å². The van der Waals surface area contributed by atoms with Crippen molar-refractivity contribution in [1.82, 2.24) is 5.32 Å². The Morgan fingerprint density at radius 3 is 3.12 bits per heavy atom. The lowest BCUT2D eigenvalue weighted by molar-refractivity contribution is 0.930. The second-order valence-corrected chi connectivity index (χ2v) is 1.71. The molecule has 44 valence electrons. The second-order valence-electron chi connectivity index (χ2n) is 1.71. The van der Waals surface area contributed by atoms with Gasteiger partial charge in [-0.15, -0.1) is 0 Å². The van der Waals surface area contributed by atoms with E-state index >= 15 is 0 Å². The van der Waals surface area contributed by atoms with Crippen LogP contribution in [0.1, 0.15) is 13.3 Å². The lowest BCUT2D eigenvalue weighted by Gasteiger charge is -2.03. The number of hydrogen-bond acceptors (Lipinski definition) is 2. The van der Waals surface area contributed by atoms with Crippen molar-refractivity contribution >= 4 is 6.21 Å². The topological polar surface area (TPSA) is 24.4 Å². The maximum absolute atomic E-state index is 4.12. The lowest BCUT2D eigenvalue weighted by Crippen LogP contribution is -2.12. The van der Waals surface area contributed by atoms with Crippen molar-refractivity contribution in [3.8, 4) is 0 Å². The summed E-state index contributed by atoms with van der Waals surface area (Å²) in [6, 6.07) is 0. The summed E-state index contributed by atoms with van der Waals surface area (Å²) in [4.78, 5) is 4.12. The minimum atomic E-state index is 0.878. The van der Waals surface area contributed by atoms with Crippen molar-refractivity contribution in [3.63, 3.8) is 0 Å². The minimum Gasteiger partial charge on any atom is -0.384 e. The van der Waals surface area contributed by atoms with Crippen LogP contribution in [0.4, 0.5) is 0 Å². The number of allylic oxidation sites excluding steroid dienone is 1. The first-order chi connectivity index (χ1) is 3.93. The van der Waals surface area contributed by atoms with E-state index in [0.29, 0.717) is 0 Å². The highest BCUT2D eigenvalue weighted by atomic mass is 14.9. The van der Waals surface area contributed by atoms with Gasteiger partial charge in [-0.2, -0.15) is 0 Å². The highest BCUT2D eigenvalue weighted by Crippen LogP contribution is 2.00. The van der Waals surface area contributed by atoms with E-state index in [2.05, 4.69) is 17.2 Å². The predicted octanol–water partition coefficient (Wildman–Crippen LogP) is 0.912. The van der Waals surface area contributed by atoms with Gasteiger partial charge in [0.15, 0.2) is 0 Å². The highest BCUT2D eigenvalue weighted by molar-refractivity contribution is 5.62. The minimum absolute atomic E-state index is 0.878. The van der Waals surface area contributed by atoms with Crippen LogP contribution in [0.5, 0.6) is 0 Å². The number of aliphatic imine (C=N–C) groups is 1. The lowest BCUT2D eigenvalue weighted by atomic mass is 10.3. The summed E-state index contributed by atoms with van der Waals surface area (Å²) in [5.74, 6) is 0. The molecule has 1 heterocycles. The van der Waals surface area contributed by atoms with Crippen LogP contribution >= 0.6 is 0 Å². The first-order valence-electron chi connectivity index (χ1n) is 2.88. The number of nitrogens with one attached hydrogen (secondary N) is 1. The number of rotatable bonds is 1. The van der Waals surface area contributed by atoms with Crippen LogP contribution in [-0.4, -0.2) is 12.8 Å². The van der Waals surface area contributed by atoms with Gasteiger partial charge in [-0.3, -0.25) is 4.99 Å². The molecular weight excluding hydrogens is 100 g/mol. The molecule has 2 nitrogen and oxygen atoms in total. The van der Waals surface area contributed by atoms with Crippen LogP contribution in [0, 0.1) is 0 Å². The Hall–Kier alpha value is -0.790. The first kappa shape index (κ1) is 5.35. The summed E-state index contributed by atoms with van der Waals surface area (Å²) in [6.07, 6.45) is 4.86. The molecular formula is C6H10N2. The molecule has 0 saturated heterocycles. The summed E-state index contributed by atoms with van der Waals surface area (Å²) in [5, 5.41) is 3.07. The molecule has 2 heteroatoms. The molecule has 0 aromatic rings. The summed E-state index contributed by atoms with van der Waals surface area (Å²) < 4.78 is 0. The van der Waals surface area contributed by atoms with Crippen LogP contribution in [-0.2, 0) is 0 Å². The van der Waals surface area contributed by atoms with E-state index in [9.17, 15) is 0 Å². The fourth-order valence-corrected chi connectivity index (χ4v) is 0.623. The van der Waals surface area contributed by atoms with Gasteiger partial charge >= 0.3 is 0 Å². The van der Waals surface area contributed by atoms with E-state index < -0.39 is 0 Å². The Morgan fingerprint density at radius 2 is 2.75 bits per heavy atom. The van der Waals surface area contributed by atoms with Gasteiger partial charge in [0.05, 0.1) is 5.70 Å². The molecule has 0 aromatic heterocycles. The third kappa shape index (κ3) is 1.09. The van der Waals surface area contributed by atoms with Crippen molar-refractivity contribution in [2.75, 3.05) is 6.54 Å². The molecule has 8 heavy (non-hydrogen) atoms. The molecule has 0 aliphatic carbocycles. The Balaban J connectivity index is 2.51. The maximum Gasteiger partial charge on any atom is 0.0554 e. The van der Waals surface area contributed by atoms with Crippen LogP contribution in [0.2, 0.25) is 0 Å². The predicted molar refractivity (Wildman–Crippen MR) is 34.9 cm³/mol. The van der Waals surface area contributed by atoms with Crippen LogP contribution < -0.4 is 5.32 Å². The molecule has 0 atom stereocenters. The van der Waals surface area contributed by atoms with Gasteiger partial charge in [-0.05, 0) is 6.42 Å². The molecule has 1 N–H and O–H groups in total.